The molecule has 0 spiro atoms. The smallest absolute Gasteiger partial charge is 0.335 e. The second-order valence-corrected chi connectivity index (χ2v) is 4.53. The zero-order valence-corrected chi connectivity index (χ0v) is 10.9. The molecule has 0 aliphatic carbocycles. The highest BCUT2D eigenvalue weighted by Crippen LogP contribution is 2.30. The summed E-state index contributed by atoms with van der Waals surface area (Å²) in [5.74, 6) is -1.26. The first-order valence-electron chi connectivity index (χ1n) is 6.16. The summed E-state index contributed by atoms with van der Waals surface area (Å²) in [4.78, 5) is 28.8. The van der Waals surface area contributed by atoms with Crippen molar-refractivity contribution in [3.63, 3.8) is 0 Å². The predicted octanol–water partition coefficient (Wildman–Crippen LogP) is 0.183. The Balaban J connectivity index is 2.41. The minimum Gasteiger partial charge on any atom is -0.479 e. The van der Waals surface area contributed by atoms with E-state index in [1.807, 2.05) is 6.92 Å². The van der Waals surface area contributed by atoms with Crippen LogP contribution in [0.2, 0.25) is 0 Å². The maximum Gasteiger partial charge on any atom is 0.335 e. The maximum atomic E-state index is 11.9. The van der Waals surface area contributed by atoms with E-state index in [0.29, 0.717) is 12.2 Å². The van der Waals surface area contributed by atoms with Gasteiger partial charge in [-0.2, -0.15) is 0 Å². The fraction of sp³-hybridized carbons (Fsp3) is 0.583. The van der Waals surface area contributed by atoms with Gasteiger partial charge >= 0.3 is 5.97 Å². The van der Waals surface area contributed by atoms with E-state index in [-0.39, 0.29) is 12.5 Å². The summed E-state index contributed by atoms with van der Waals surface area (Å²) in [7, 11) is 1.77. The minimum atomic E-state index is -1.07. The van der Waals surface area contributed by atoms with Gasteiger partial charge in [-0.25, -0.2) is 9.78 Å². The molecule has 2 unspecified atom stereocenters. The molecule has 0 saturated carbocycles. The van der Waals surface area contributed by atoms with E-state index in [1.54, 1.807) is 29.0 Å². The summed E-state index contributed by atoms with van der Waals surface area (Å²) >= 11 is 0. The molecule has 0 radical (unpaired) electrons. The van der Waals surface area contributed by atoms with Gasteiger partial charge in [-0.05, 0) is 6.42 Å². The van der Waals surface area contributed by atoms with Crippen molar-refractivity contribution in [2.24, 2.45) is 7.05 Å². The quantitative estimate of drug-likeness (QED) is 0.841. The molecule has 2 atom stereocenters. The Morgan fingerprint density at radius 2 is 2.37 bits per heavy atom. The van der Waals surface area contributed by atoms with Gasteiger partial charge in [0.2, 0.25) is 5.91 Å². The third kappa shape index (κ3) is 2.46. The zero-order chi connectivity index (χ0) is 14.0. The van der Waals surface area contributed by atoms with Crippen LogP contribution in [-0.2, 0) is 21.4 Å². The van der Waals surface area contributed by atoms with E-state index in [1.165, 1.54) is 0 Å². The molecule has 1 aliphatic heterocycles. The molecule has 1 aromatic rings. The van der Waals surface area contributed by atoms with Gasteiger partial charge in [0, 0.05) is 13.6 Å². The Morgan fingerprint density at radius 3 is 2.89 bits per heavy atom. The number of aliphatic carboxylic acids is 1. The van der Waals surface area contributed by atoms with E-state index in [0.717, 1.165) is 6.42 Å². The third-order valence-corrected chi connectivity index (χ3v) is 3.19. The lowest BCUT2D eigenvalue weighted by molar-refractivity contribution is -0.173. The molecule has 2 heterocycles. The van der Waals surface area contributed by atoms with Crippen LogP contribution in [0, 0.1) is 0 Å². The Morgan fingerprint density at radius 1 is 1.63 bits per heavy atom. The lowest BCUT2D eigenvalue weighted by atomic mass is 10.0. The van der Waals surface area contributed by atoms with Crippen molar-refractivity contribution in [2.75, 3.05) is 13.2 Å². The first-order chi connectivity index (χ1) is 9.06. The van der Waals surface area contributed by atoms with Gasteiger partial charge in [0.15, 0.2) is 6.10 Å². The van der Waals surface area contributed by atoms with Gasteiger partial charge in [0.05, 0.1) is 18.2 Å². The van der Waals surface area contributed by atoms with Crippen LogP contribution in [-0.4, -0.2) is 50.7 Å². The predicted molar refractivity (Wildman–Crippen MR) is 65.3 cm³/mol. The highest BCUT2D eigenvalue weighted by atomic mass is 16.5. The standard InChI is InChI=1S/C12H17N3O4/c1-3-4-15-9(16)6-19-11(12(17)18)10(15)8-5-13-7-14(8)2/h5,7,10-11H,3-4,6H2,1-2H3,(H,17,18). The number of imidazole rings is 1. The number of morpholine rings is 1. The van der Waals surface area contributed by atoms with Crippen LogP contribution in [0.25, 0.3) is 0 Å². The van der Waals surface area contributed by atoms with E-state index in [9.17, 15) is 14.7 Å². The Hall–Kier alpha value is -1.89. The van der Waals surface area contributed by atoms with E-state index in [4.69, 9.17) is 4.74 Å². The number of carbonyl (C=O) groups is 2. The maximum absolute atomic E-state index is 11.9. The van der Waals surface area contributed by atoms with Gasteiger partial charge in [0.25, 0.3) is 0 Å². The number of carboxylic acids is 1. The van der Waals surface area contributed by atoms with Gasteiger partial charge < -0.3 is 19.3 Å². The molecule has 1 aliphatic rings. The van der Waals surface area contributed by atoms with Crippen LogP contribution in [0.5, 0.6) is 0 Å². The molecule has 0 bridgehead atoms. The number of amides is 1. The molecule has 0 aromatic carbocycles. The topological polar surface area (TPSA) is 84.7 Å². The largest absolute Gasteiger partial charge is 0.479 e. The van der Waals surface area contributed by atoms with E-state index in [2.05, 4.69) is 4.98 Å². The van der Waals surface area contributed by atoms with E-state index < -0.39 is 18.1 Å². The van der Waals surface area contributed by atoms with Crippen LogP contribution in [0.4, 0.5) is 0 Å². The van der Waals surface area contributed by atoms with Crippen molar-refractivity contribution in [1.29, 1.82) is 0 Å². The van der Waals surface area contributed by atoms with Gasteiger partial charge in [-0.15, -0.1) is 0 Å². The number of rotatable bonds is 4. The summed E-state index contributed by atoms with van der Waals surface area (Å²) in [6.07, 6.45) is 2.86. The number of carboxylic acid groups (broad SMARTS) is 1. The Kier molecular flexibility index (Phi) is 3.84. The van der Waals surface area contributed by atoms with Gasteiger partial charge in [-0.1, -0.05) is 6.92 Å². The number of aromatic nitrogens is 2. The molecule has 1 fully saturated rings. The van der Waals surface area contributed by atoms with E-state index >= 15 is 0 Å². The summed E-state index contributed by atoms with van der Waals surface area (Å²) in [5.41, 5.74) is 0.661. The van der Waals surface area contributed by atoms with Gasteiger partial charge in [0.1, 0.15) is 12.6 Å². The number of nitrogens with zero attached hydrogens (tertiary/aromatic N) is 3. The fourth-order valence-corrected chi connectivity index (χ4v) is 2.33. The SMILES string of the molecule is CCCN1C(=O)COC(C(=O)O)C1c1cncn1C. The fourth-order valence-electron chi connectivity index (χ4n) is 2.33. The Labute approximate surface area is 110 Å². The average molecular weight is 267 g/mol. The third-order valence-electron chi connectivity index (χ3n) is 3.19. The number of aryl methyl sites for hydroxylation is 1. The summed E-state index contributed by atoms with van der Waals surface area (Å²) in [6, 6.07) is -0.633. The number of carbonyl (C=O) groups excluding carboxylic acids is 1. The van der Waals surface area contributed by atoms with Crippen LogP contribution in [0.15, 0.2) is 12.5 Å². The monoisotopic (exact) mass is 267 g/mol. The molecule has 7 heteroatoms. The lowest BCUT2D eigenvalue weighted by Gasteiger charge is -2.39. The Bertz CT molecular complexity index is 485. The molecule has 7 nitrogen and oxygen atoms in total. The minimum absolute atomic E-state index is 0.189. The highest BCUT2D eigenvalue weighted by molar-refractivity contribution is 5.82. The lowest BCUT2D eigenvalue weighted by Crippen LogP contribution is -2.52. The highest BCUT2D eigenvalue weighted by Gasteiger charge is 2.42. The molecule has 1 aromatic heterocycles. The molecule has 1 N–H and O–H groups in total. The van der Waals surface area contributed by atoms with Crippen LogP contribution in [0.1, 0.15) is 25.1 Å². The summed E-state index contributed by atoms with van der Waals surface area (Å²) < 4.78 is 6.90. The molecular formula is C12H17N3O4. The summed E-state index contributed by atoms with van der Waals surface area (Å²) in [6.45, 7) is 2.26. The molecule has 1 saturated heterocycles. The second-order valence-electron chi connectivity index (χ2n) is 4.53. The van der Waals surface area contributed by atoms with Crippen LogP contribution in [0.3, 0.4) is 0 Å². The van der Waals surface area contributed by atoms with Crippen molar-refractivity contribution in [2.45, 2.75) is 25.5 Å². The average Bonchev–Trinajstić information content (AvgIpc) is 2.77. The normalized spacial score (nSPS) is 23.7. The number of hydrogen-bond acceptors (Lipinski definition) is 4. The first kappa shape index (κ1) is 13.5. The van der Waals surface area contributed by atoms with Crippen molar-refractivity contribution in [3.05, 3.63) is 18.2 Å². The number of hydrogen-bond donors (Lipinski definition) is 1. The molecule has 104 valence electrons. The molecule has 19 heavy (non-hydrogen) atoms. The van der Waals surface area contributed by atoms with Crippen LogP contribution >= 0.6 is 0 Å². The van der Waals surface area contributed by atoms with Crippen molar-refractivity contribution in [1.82, 2.24) is 14.5 Å². The first-order valence-corrected chi connectivity index (χ1v) is 6.16. The second kappa shape index (κ2) is 5.40. The number of ether oxygens (including phenoxy) is 1. The van der Waals surface area contributed by atoms with Gasteiger partial charge in [-0.3, -0.25) is 4.79 Å². The molecule has 1 amide bonds. The van der Waals surface area contributed by atoms with Crippen molar-refractivity contribution < 1.29 is 19.4 Å². The van der Waals surface area contributed by atoms with Crippen LogP contribution < -0.4 is 0 Å². The van der Waals surface area contributed by atoms with Crippen molar-refractivity contribution in [3.8, 4) is 0 Å². The van der Waals surface area contributed by atoms with Crippen molar-refractivity contribution >= 4 is 11.9 Å². The molecule has 2 rings (SSSR count). The zero-order valence-electron chi connectivity index (χ0n) is 10.9. The molecular weight excluding hydrogens is 250 g/mol. The summed E-state index contributed by atoms with van der Waals surface area (Å²) in [5, 5.41) is 9.28.